The quantitative estimate of drug-likeness (QED) is 0.645. The fourth-order valence-electron chi connectivity index (χ4n) is 1.84. The zero-order chi connectivity index (χ0) is 15.4. The first kappa shape index (κ1) is 14.6. The van der Waals surface area contributed by atoms with Gasteiger partial charge in [-0.05, 0) is 25.1 Å². The van der Waals surface area contributed by atoms with E-state index in [1.165, 1.54) is 24.1 Å². The van der Waals surface area contributed by atoms with Gasteiger partial charge in [-0.15, -0.1) is 0 Å². The lowest BCUT2D eigenvalue weighted by Gasteiger charge is -2.09. The van der Waals surface area contributed by atoms with Crippen LogP contribution < -0.4 is 11.1 Å². The molecule has 0 spiro atoms. The van der Waals surface area contributed by atoms with Crippen LogP contribution >= 0.6 is 0 Å². The van der Waals surface area contributed by atoms with Gasteiger partial charge in [-0.2, -0.15) is 5.10 Å². The molecule has 0 saturated carbocycles. The molecular formula is C14H16N4O3. The summed E-state index contributed by atoms with van der Waals surface area (Å²) >= 11 is 0. The molecule has 3 N–H and O–H groups in total. The van der Waals surface area contributed by atoms with E-state index < -0.39 is 5.97 Å². The Morgan fingerprint density at radius 2 is 2.19 bits per heavy atom. The Hall–Kier alpha value is -2.83. The summed E-state index contributed by atoms with van der Waals surface area (Å²) in [5.41, 5.74) is 7.45. The van der Waals surface area contributed by atoms with Crippen molar-refractivity contribution in [1.82, 2.24) is 15.1 Å². The minimum atomic E-state index is -0.464. The van der Waals surface area contributed by atoms with Crippen LogP contribution in [0.25, 0.3) is 5.69 Å². The Kier molecular flexibility index (Phi) is 4.22. The number of anilines is 1. The van der Waals surface area contributed by atoms with Gasteiger partial charge in [0.1, 0.15) is 0 Å². The summed E-state index contributed by atoms with van der Waals surface area (Å²) in [6.45, 7) is 2.01. The first-order valence-corrected chi connectivity index (χ1v) is 6.40. The molecule has 7 heteroatoms. The number of benzene rings is 1. The van der Waals surface area contributed by atoms with Crippen molar-refractivity contribution >= 4 is 17.6 Å². The van der Waals surface area contributed by atoms with Gasteiger partial charge in [-0.25, -0.2) is 9.48 Å². The monoisotopic (exact) mass is 288 g/mol. The molecule has 0 unspecified atom stereocenters. The van der Waals surface area contributed by atoms with Crippen molar-refractivity contribution in [2.45, 2.75) is 6.92 Å². The number of ether oxygens (including phenoxy) is 1. The number of nitrogens with one attached hydrogen (secondary N) is 1. The second-order valence-electron chi connectivity index (χ2n) is 4.25. The predicted molar refractivity (Wildman–Crippen MR) is 77.3 cm³/mol. The molecule has 2 rings (SSSR count). The second-order valence-corrected chi connectivity index (χ2v) is 4.25. The van der Waals surface area contributed by atoms with E-state index in [1.54, 1.807) is 25.1 Å². The highest BCUT2D eigenvalue weighted by Gasteiger charge is 2.15. The Morgan fingerprint density at radius 1 is 1.43 bits per heavy atom. The van der Waals surface area contributed by atoms with Crippen LogP contribution in [0.3, 0.4) is 0 Å². The number of hydrogen-bond donors (Lipinski definition) is 2. The highest BCUT2D eigenvalue weighted by Crippen LogP contribution is 2.18. The lowest BCUT2D eigenvalue weighted by atomic mass is 10.1. The van der Waals surface area contributed by atoms with Crippen molar-refractivity contribution in [1.29, 1.82) is 0 Å². The van der Waals surface area contributed by atoms with E-state index in [4.69, 9.17) is 10.5 Å². The number of esters is 1. The Balaban J connectivity index is 2.44. The molecule has 1 aromatic carbocycles. The highest BCUT2D eigenvalue weighted by molar-refractivity contribution is 5.98. The van der Waals surface area contributed by atoms with E-state index in [2.05, 4.69) is 10.4 Å². The topological polar surface area (TPSA) is 99.2 Å². The maximum absolute atomic E-state index is 11.9. The molecule has 110 valence electrons. The second kappa shape index (κ2) is 6.08. The third kappa shape index (κ3) is 3.02. The molecule has 0 aliphatic heterocycles. The van der Waals surface area contributed by atoms with Crippen LogP contribution in [0.2, 0.25) is 0 Å². The number of carbonyl (C=O) groups excluding carboxylic acids is 2. The molecule has 0 radical (unpaired) electrons. The Labute approximate surface area is 121 Å². The summed E-state index contributed by atoms with van der Waals surface area (Å²) in [7, 11) is 1.54. The van der Waals surface area contributed by atoms with Crippen LogP contribution in [0.4, 0.5) is 5.69 Å². The van der Waals surface area contributed by atoms with Gasteiger partial charge in [0.15, 0.2) is 0 Å². The summed E-state index contributed by atoms with van der Waals surface area (Å²) in [5.74, 6) is -0.729. The standard InChI is InChI=1S/C14H16N4O3/c1-3-21-14(20)9-7-17-18(8-9)12-6-10(15)4-5-11(12)13(19)16-2/h4-8H,3,15H2,1-2H3,(H,16,19). The number of amides is 1. The predicted octanol–water partition coefficient (Wildman–Crippen LogP) is 0.991. The minimum Gasteiger partial charge on any atom is -0.462 e. The zero-order valence-electron chi connectivity index (χ0n) is 11.8. The van der Waals surface area contributed by atoms with E-state index in [-0.39, 0.29) is 12.5 Å². The van der Waals surface area contributed by atoms with Crippen molar-refractivity contribution in [3.8, 4) is 5.69 Å². The van der Waals surface area contributed by atoms with Crippen molar-refractivity contribution < 1.29 is 14.3 Å². The van der Waals surface area contributed by atoms with Crippen LogP contribution in [0, 0.1) is 0 Å². The first-order valence-electron chi connectivity index (χ1n) is 6.40. The van der Waals surface area contributed by atoms with Crippen LogP contribution in [0.5, 0.6) is 0 Å². The SMILES string of the molecule is CCOC(=O)c1cnn(-c2cc(N)ccc2C(=O)NC)c1. The number of aromatic nitrogens is 2. The van der Waals surface area contributed by atoms with Gasteiger partial charge >= 0.3 is 5.97 Å². The molecule has 1 aromatic heterocycles. The van der Waals surface area contributed by atoms with Gasteiger partial charge in [0.2, 0.25) is 0 Å². The minimum absolute atomic E-state index is 0.266. The first-order chi connectivity index (χ1) is 10.1. The van der Waals surface area contributed by atoms with E-state index >= 15 is 0 Å². The number of nitrogens with two attached hydrogens (primary N) is 1. The molecule has 7 nitrogen and oxygen atoms in total. The molecule has 1 amide bonds. The van der Waals surface area contributed by atoms with Gasteiger partial charge in [0.25, 0.3) is 5.91 Å². The van der Waals surface area contributed by atoms with Crippen molar-refractivity contribution in [2.75, 3.05) is 19.4 Å². The molecule has 0 aliphatic rings. The molecule has 21 heavy (non-hydrogen) atoms. The van der Waals surface area contributed by atoms with Gasteiger partial charge in [-0.1, -0.05) is 0 Å². The molecule has 0 aliphatic carbocycles. The normalized spacial score (nSPS) is 10.2. The number of rotatable bonds is 4. The van der Waals surface area contributed by atoms with Gasteiger partial charge in [0.05, 0.1) is 29.6 Å². The Bertz CT molecular complexity index is 679. The fraction of sp³-hybridized carbons (Fsp3) is 0.214. The lowest BCUT2D eigenvalue weighted by Crippen LogP contribution is -2.20. The molecular weight excluding hydrogens is 272 g/mol. The fourth-order valence-corrected chi connectivity index (χ4v) is 1.84. The maximum Gasteiger partial charge on any atom is 0.341 e. The number of hydrogen-bond acceptors (Lipinski definition) is 5. The van der Waals surface area contributed by atoms with E-state index in [1.807, 2.05) is 0 Å². The van der Waals surface area contributed by atoms with Crippen LogP contribution in [0.1, 0.15) is 27.6 Å². The average molecular weight is 288 g/mol. The summed E-state index contributed by atoms with van der Waals surface area (Å²) in [4.78, 5) is 23.5. The summed E-state index contributed by atoms with van der Waals surface area (Å²) in [6.07, 6.45) is 2.88. The smallest absolute Gasteiger partial charge is 0.341 e. The van der Waals surface area contributed by atoms with Crippen molar-refractivity contribution in [3.63, 3.8) is 0 Å². The van der Waals surface area contributed by atoms with E-state index in [0.717, 1.165) is 0 Å². The summed E-state index contributed by atoms with van der Waals surface area (Å²) in [6, 6.07) is 4.85. The highest BCUT2D eigenvalue weighted by atomic mass is 16.5. The third-order valence-corrected chi connectivity index (χ3v) is 2.83. The number of nitrogen functional groups attached to an aromatic ring is 1. The van der Waals surface area contributed by atoms with Crippen molar-refractivity contribution in [2.24, 2.45) is 0 Å². The molecule has 1 heterocycles. The van der Waals surface area contributed by atoms with Crippen LogP contribution in [-0.4, -0.2) is 35.3 Å². The average Bonchev–Trinajstić information content (AvgIpc) is 2.96. The number of nitrogens with zero attached hydrogens (tertiary/aromatic N) is 2. The van der Waals surface area contributed by atoms with Crippen LogP contribution in [-0.2, 0) is 4.74 Å². The zero-order valence-corrected chi connectivity index (χ0v) is 11.8. The Morgan fingerprint density at radius 3 is 2.86 bits per heavy atom. The maximum atomic E-state index is 11.9. The molecule has 0 bridgehead atoms. The van der Waals surface area contributed by atoms with Crippen LogP contribution in [0.15, 0.2) is 30.6 Å². The van der Waals surface area contributed by atoms with Crippen molar-refractivity contribution in [3.05, 3.63) is 41.7 Å². The van der Waals surface area contributed by atoms with Gasteiger partial charge < -0.3 is 15.8 Å². The van der Waals surface area contributed by atoms with Gasteiger partial charge in [0, 0.05) is 18.9 Å². The molecule has 0 atom stereocenters. The molecule has 0 fully saturated rings. The number of carbonyl (C=O) groups is 2. The van der Waals surface area contributed by atoms with Gasteiger partial charge in [-0.3, -0.25) is 4.79 Å². The molecule has 0 saturated heterocycles. The van der Waals surface area contributed by atoms with E-state index in [0.29, 0.717) is 22.5 Å². The summed E-state index contributed by atoms with van der Waals surface area (Å²) in [5, 5.41) is 6.64. The largest absolute Gasteiger partial charge is 0.462 e. The lowest BCUT2D eigenvalue weighted by molar-refractivity contribution is 0.0526. The van der Waals surface area contributed by atoms with E-state index in [9.17, 15) is 9.59 Å². The third-order valence-electron chi connectivity index (χ3n) is 2.83. The molecule has 2 aromatic rings. The summed E-state index contributed by atoms with van der Waals surface area (Å²) < 4.78 is 6.33.